The number of amides is 4. The molecule has 4 atom stereocenters. The highest BCUT2D eigenvalue weighted by Gasteiger charge is 2.70. The van der Waals surface area contributed by atoms with Crippen LogP contribution in [0.3, 0.4) is 0 Å². The molecule has 0 unspecified atom stereocenters. The smallest absolute Gasteiger partial charge is 0.250 e. The second-order valence-corrected chi connectivity index (χ2v) is 9.71. The normalized spacial score (nSPS) is 27.5. The number of likely N-dealkylation sites (tertiary alicyclic amines) is 1. The molecule has 0 radical (unpaired) electrons. The number of nitrogens with two attached hydrogens (primary N) is 1. The molecule has 4 heterocycles. The number of rotatable bonds is 6. The van der Waals surface area contributed by atoms with E-state index in [0.29, 0.717) is 28.3 Å². The van der Waals surface area contributed by atoms with E-state index in [1.807, 2.05) is 25.1 Å². The van der Waals surface area contributed by atoms with Gasteiger partial charge in [-0.1, -0.05) is 25.1 Å². The van der Waals surface area contributed by atoms with Crippen LogP contribution in [0.25, 0.3) is 0 Å². The summed E-state index contributed by atoms with van der Waals surface area (Å²) in [4.78, 5) is 54.0. The maximum atomic E-state index is 13.9. The highest BCUT2D eigenvalue weighted by Crippen LogP contribution is 2.54. The van der Waals surface area contributed by atoms with Crippen LogP contribution >= 0.6 is 0 Å². The van der Waals surface area contributed by atoms with Crippen molar-refractivity contribution in [1.29, 1.82) is 0 Å². The summed E-state index contributed by atoms with van der Waals surface area (Å²) in [6.45, 7) is 2.18. The molecule has 10 nitrogen and oxygen atoms in total. The highest BCUT2D eigenvalue weighted by atomic mass is 16.7. The van der Waals surface area contributed by atoms with Gasteiger partial charge < -0.3 is 20.5 Å². The summed E-state index contributed by atoms with van der Waals surface area (Å²) in [5.41, 5.74) is 7.00. The molecule has 186 valence electrons. The van der Waals surface area contributed by atoms with E-state index in [-0.39, 0.29) is 38.0 Å². The van der Waals surface area contributed by atoms with E-state index in [4.69, 9.17) is 15.2 Å². The summed E-state index contributed by atoms with van der Waals surface area (Å²) >= 11 is 0. The number of carbonyl (C=O) groups is 4. The molecule has 4 aliphatic heterocycles. The lowest BCUT2D eigenvalue weighted by molar-refractivity contribution is -0.143. The minimum atomic E-state index is -1.40. The van der Waals surface area contributed by atoms with Crippen molar-refractivity contribution < 1.29 is 28.7 Å². The zero-order valence-corrected chi connectivity index (χ0v) is 19.7. The Hall–Kier alpha value is -3.92. The van der Waals surface area contributed by atoms with Gasteiger partial charge in [0.15, 0.2) is 11.5 Å². The van der Waals surface area contributed by atoms with Crippen molar-refractivity contribution in [2.24, 2.45) is 17.6 Å². The van der Waals surface area contributed by atoms with Gasteiger partial charge in [-0.2, -0.15) is 0 Å². The lowest BCUT2D eigenvalue weighted by Crippen LogP contribution is -2.53. The molecule has 2 aromatic rings. The molecule has 2 saturated heterocycles. The van der Waals surface area contributed by atoms with Crippen LogP contribution in [0.2, 0.25) is 0 Å². The standard InChI is InChI=1S/C26H26N4O6/c1-2-13-3-5-16-15(9-13)26(25(34)28-16)22-21(17(29-26)6-8-20(27)31)23(32)30(24(22)33)11-14-4-7-18-19(10-14)36-12-35-18/h3-5,7,9-10,17,21-22,29H,2,6,8,11-12H2,1H3,(H2,27,31)(H,28,34)/t17-,21+,22-,26+/m0/s1. The highest BCUT2D eigenvalue weighted by molar-refractivity contribution is 6.15. The first kappa shape index (κ1) is 22.5. The monoisotopic (exact) mass is 490 g/mol. The van der Waals surface area contributed by atoms with Crippen LogP contribution in [-0.4, -0.2) is 41.4 Å². The van der Waals surface area contributed by atoms with E-state index < -0.39 is 35.2 Å². The van der Waals surface area contributed by atoms with E-state index in [1.165, 1.54) is 4.90 Å². The number of nitrogens with one attached hydrogen (secondary N) is 2. The number of anilines is 1. The second-order valence-electron chi connectivity index (χ2n) is 9.71. The fourth-order valence-corrected chi connectivity index (χ4v) is 6.05. The van der Waals surface area contributed by atoms with Gasteiger partial charge in [0.25, 0.3) is 0 Å². The van der Waals surface area contributed by atoms with Gasteiger partial charge in [-0.05, 0) is 42.2 Å². The molecule has 2 aromatic carbocycles. The van der Waals surface area contributed by atoms with Crippen LogP contribution < -0.4 is 25.8 Å². The molecule has 0 bridgehead atoms. The molecule has 4 N–H and O–H groups in total. The summed E-state index contributed by atoms with van der Waals surface area (Å²) in [6.07, 6.45) is 1.02. The Kier molecular flexibility index (Phi) is 5.04. The predicted octanol–water partition coefficient (Wildman–Crippen LogP) is 1.16. The van der Waals surface area contributed by atoms with Crippen molar-refractivity contribution in [3.05, 3.63) is 53.1 Å². The molecule has 0 aromatic heterocycles. The third kappa shape index (κ3) is 3.13. The molecule has 6 rings (SSSR count). The maximum Gasteiger partial charge on any atom is 0.250 e. The molecular weight excluding hydrogens is 464 g/mol. The molecule has 4 aliphatic rings. The number of carbonyl (C=O) groups excluding carboxylic acids is 4. The average Bonchev–Trinajstić information content (AvgIpc) is 3.59. The fraction of sp³-hybridized carbons (Fsp3) is 0.385. The zero-order valence-electron chi connectivity index (χ0n) is 19.7. The Bertz CT molecular complexity index is 1330. The number of benzene rings is 2. The minimum Gasteiger partial charge on any atom is -0.454 e. The van der Waals surface area contributed by atoms with Gasteiger partial charge in [-0.3, -0.25) is 29.4 Å². The minimum absolute atomic E-state index is 0.0318. The van der Waals surface area contributed by atoms with Gasteiger partial charge in [0.05, 0.1) is 18.4 Å². The largest absolute Gasteiger partial charge is 0.454 e. The van der Waals surface area contributed by atoms with Crippen LogP contribution in [-0.2, 0) is 37.7 Å². The van der Waals surface area contributed by atoms with Crippen molar-refractivity contribution >= 4 is 29.3 Å². The van der Waals surface area contributed by atoms with Crippen molar-refractivity contribution in [3.8, 4) is 11.5 Å². The number of hydrogen-bond acceptors (Lipinski definition) is 7. The van der Waals surface area contributed by atoms with Crippen LogP contribution in [0.15, 0.2) is 36.4 Å². The van der Waals surface area contributed by atoms with Crippen molar-refractivity contribution in [2.45, 2.75) is 44.3 Å². The van der Waals surface area contributed by atoms with Gasteiger partial charge in [0.1, 0.15) is 5.54 Å². The average molecular weight is 491 g/mol. The Morgan fingerprint density at radius 3 is 2.64 bits per heavy atom. The van der Waals surface area contributed by atoms with Gasteiger partial charge in [-0.15, -0.1) is 0 Å². The SMILES string of the molecule is CCc1ccc2c(c1)[C@]1(N[C@@H](CCC(N)=O)[C@H]3C(=O)N(Cc4ccc5c(c4)OCO5)C(=O)[C@H]31)C(=O)N2. The Morgan fingerprint density at radius 2 is 1.86 bits per heavy atom. The van der Waals surface area contributed by atoms with Crippen LogP contribution in [0, 0.1) is 11.8 Å². The molecule has 36 heavy (non-hydrogen) atoms. The summed E-state index contributed by atoms with van der Waals surface area (Å²) in [7, 11) is 0. The molecule has 0 aliphatic carbocycles. The molecule has 0 saturated carbocycles. The van der Waals surface area contributed by atoms with Gasteiger partial charge in [0.2, 0.25) is 30.4 Å². The zero-order chi connectivity index (χ0) is 25.2. The number of imide groups is 1. The summed E-state index contributed by atoms with van der Waals surface area (Å²) in [5, 5.41) is 6.24. The molecule has 2 fully saturated rings. The Balaban J connectivity index is 1.41. The van der Waals surface area contributed by atoms with E-state index >= 15 is 0 Å². The Morgan fingerprint density at radius 1 is 1.08 bits per heavy atom. The van der Waals surface area contributed by atoms with Crippen LogP contribution in [0.4, 0.5) is 5.69 Å². The number of primary amides is 1. The van der Waals surface area contributed by atoms with Crippen molar-refractivity contribution in [1.82, 2.24) is 10.2 Å². The van der Waals surface area contributed by atoms with E-state index in [2.05, 4.69) is 10.6 Å². The number of hydrogen-bond donors (Lipinski definition) is 3. The lowest BCUT2D eigenvalue weighted by Gasteiger charge is -2.29. The summed E-state index contributed by atoms with van der Waals surface area (Å²) in [6, 6.07) is 10.4. The van der Waals surface area contributed by atoms with E-state index in [9.17, 15) is 19.2 Å². The summed E-state index contributed by atoms with van der Waals surface area (Å²) in [5.74, 6) is -2.23. The van der Waals surface area contributed by atoms with Crippen LogP contribution in [0.5, 0.6) is 11.5 Å². The summed E-state index contributed by atoms with van der Waals surface area (Å²) < 4.78 is 10.8. The fourth-order valence-electron chi connectivity index (χ4n) is 6.05. The maximum absolute atomic E-state index is 13.9. The number of fused-ring (bicyclic) bond motifs is 5. The molecule has 4 amide bonds. The van der Waals surface area contributed by atoms with Crippen LogP contribution in [0.1, 0.15) is 36.5 Å². The van der Waals surface area contributed by atoms with E-state index in [0.717, 1.165) is 12.0 Å². The first-order valence-electron chi connectivity index (χ1n) is 12.1. The lowest BCUT2D eigenvalue weighted by atomic mass is 9.76. The first-order chi connectivity index (χ1) is 17.3. The number of nitrogens with zero attached hydrogens (tertiary/aromatic N) is 1. The van der Waals surface area contributed by atoms with E-state index in [1.54, 1.807) is 18.2 Å². The number of aryl methyl sites for hydroxylation is 1. The van der Waals surface area contributed by atoms with Gasteiger partial charge in [-0.25, -0.2) is 0 Å². The van der Waals surface area contributed by atoms with Gasteiger partial charge in [0, 0.05) is 23.7 Å². The molecular formula is C26H26N4O6. The number of ether oxygens (including phenoxy) is 2. The molecule has 1 spiro atoms. The third-order valence-corrected chi connectivity index (χ3v) is 7.76. The van der Waals surface area contributed by atoms with Gasteiger partial charge >= 0.3 is 0 Å². The second kappa shape index (κ2) is 8.06. The topological polar surface area (TPSA) is 140 Å². The third-order valence-electron chi connectivity index (χ3n) is 7.76. The Labute approximate surface area is 207 Å². The van der Waals surface area contributed by atoms with Crippen molar-refractivity contribution in [2.75, 3.05) is 12.1 Å². The first-order valence-corrected chi connectivity index (χ1v) is 12.1. The predicted molar refractivity (Wildman–Crippen MR) is 127 cm³/mol. The molecule has 10 heteroatoms. The quantitative estimate of drug-likeness (QED) is 0.516. The van der Waals surface area contributed by atoms with Crippen molar-refractivity contribution in [3.63, 3.8) is 0 Å².